The first-order valence-corrected chi connectivity index (χ1v) is 9.33. The Labute approximate surface area is 151 Å². The largest absolute Gasteiger partial charge is 0.321 e. The fourth-order valence-corrected chi connectivity index (χ4v) is 4.02. The van der Waals surface area contributed by atoms with E-state index in [4.69, 9.17) is 0 Å². The Morgan fingerprint density at radius 3 is 2.20 bits per heavy atom. The van der Waals surface area contributed by atoms with E-state index < -0.39 is 0 Å². The van der Waals surface area contributed by atoms with Gasteiger partial charge in [0.1, 0.15) is 6.54 Å². The highest BCUT2D eigenvalue weighted by Gasteiger charge is 2.33. The van der Waals surface area contributed by atoms with Crippen LogP contribution in [0.25, 0.3) is 0 Å². The summed E-state index contributed by atoms with van der Waals surface area (Å²) in [5.41, 5.74) is 4.55. The van der Waals surface area contributed by atoms with Crippen molar-refractivity contribution in [3.8, 4) is 0 Å². The molecule has 1 fully saturated rings. The Hall–Kier alpha value is -2.13. The lowest BCUT2D eigenvalue weighted by Gasteiger charge is -2.41. The number of carbonyl (C=O) groups excluding carboxylic acids is 1. The molecule has 3 rings (SSSR count). The zero-order valence-electron chi connectivity index (χ0n) is 15.4. The number of nitrogens with one attached hydrogen (secondary N) is 1. The lowest BCUT2D eigenvalue weighted by atomic mass is 10.0. The van der Waals surface area contributed by atoms with Gasteiger partial charge in [-0.3, -0.25) is 4.79 Å². The zero-order chi connectivity index (χ0) is 17.7. The van der Waals surface area contributed by atoms with Crippen LogP contribution in [0.15, 0.2) is 48.5 Å². The standard InChI is InChI=1S/C22H28N2O/c1-18-10-9-11-19(2)22(18)23-21(25)17-24(14-7-4-8-15-24)16-20-12-5-3-6-13-20/h3,5-6,9-13H,4,7-8,14-17H2,1-2H3/p+1. The highest BCUT2D eigenvalue weighted by atomic mass is 16.2. The second kappa shape index (κ2) is 7.83. The van der Waals surface area contributed by atoms with Gasteiger partial charge in [-0.15, -0.1) is 0 Å². The number of quaternary nitrogens is 1. The van der Waals surface area contributed by atoms with E-state index in [0.717, 1.165) is 40.9 Å². The third-order valence-corrected chi connectivity index (χ3v) is 5.35. The van der Waals surface area contributed by atoms with Gasteiger partial charge in [0.25, 0.3) is 5.91 Å². The van der Waals surface area contributed by atoms with Crippen molar-refractivity contribution >= 4 is 11.6 Å². The van der Waals surface area contributed by atoms with Gasteiger partial charge in [-0.05, 0) is 44.2 Å². The number of piperidine rings is 1. The number of benzene rings is 2. The van der Waals surface area contributed by atoms with E-state index in [2.05, 4.69) is 61.6 Å². The molecule has 3 nitrogen and oxygen atoms in total. The summed E-state index contributed by atoms with van der Waals surface area (Å²) in [5, 5.41) is 3.18. The summed E-state index contributed by atoms with van der Waals surface area (Å²) in [6.45, 7) is 7.80. The van der Waals surface area contributed by atoms with Crippen LogP contribution in [-0.4, -0.2) is 30.0 Å². The molecule has 0 bridgehead atoms. The minimum Gasteiger partial charge on any atom is -0.321 e. The lowest BCUT2D eigenvalue weighted by molar-refractivity contribution is -0.937. The summed E-state index contributed by atoms with van der Waals surface area (Å²) in [6, 6.07) is 16.7. The number of carbonyl (C=O) groups is 1. The maximum absolute atomic E-state index is 12.9. The number of likely N-dealkylation sites (tertiary alicyclic amines) is 1. The number of hydrogen-bond donors (Lipinski definition) is 1. The molecule has 3 heteroatoms. The average molecular weight is 337 g/mol. The van der Waals surface area contributed by atoms with E-state index in [9.17, 15) is 4.79 Å². The van der Waals surface area contributed by atoms with Crippen molar-refractivity contribution < 1.29 is 9.28 Å². The molecule has 1 amide bonds. The van der Waals surface area contributed by atoms with Gasteiger partial charge in [-0.1, -0.05) is 48.5 Å². The van der Waals surface area contributed by atoms with E-state index in [1.807, 2.05) is 6.07 Å². The van der Waals surface area contributed by atoms with Gasteiger partial charge in [0.15, 0.2) is 6.54 Å². The predicted octanol–water partition coefficient (Wildman–Crippen LogP) is 4.44. The van der Waals surface area contributed by atoms with E-state index in [1.165, 1.54) is 24.8 Å². The molecule has 2 aromatic rings. The van der Waals surface area contributed by atoms with Crippen molar-refractivity contribution in [2.75, 3.05) is 25.0 Å². The Morgan fingerprint density at radius 2 is 1.56 bits per heavy atom. The third-order valence-electron chi connectivity index (χ3n) is 5.35. The fourth-order valence-electron chi connectivity index (χ4n) is 4.02. The summed E-state index contributed by atoms with van der Waals surface area (Å²) < 4.78 is 0.876. The topological polar surface area (TPSA) is 29.1 Å². The van der Waals surface area contributed by atoms with E-state index >= 15 is 0 Å². The van der Waals surface area contributed by atoms with Gasteiger partial charge in [-0.25, -0.2) is 0 Å². The van der Waals surface area contributed by atoms with Crippen LogP contribution in [0.5, 0.6) is 0 Å². The molecule has 0 aliphatic carbocycles. The molecule has 1 saturated heterocycles. The molecular weight excluding hydrogens is 308 g/mol. The average Bonchev–Trinajstić information content (AvgIpc) is 2.60. The Bertz CT molecular complexity index is 698. The number of nitrogens with zero attached hydrogens (tertiary/aromatic N) is 1. The smallest absolute Gasteiger partial charge is 0.279 e. The summed E-state index contributed by atoms with van der Waals surface area (Å²) in [5.74, 6) is 0.134. The van der Waals surface area contributed by atoms with Crippen molar-refractivity contribution in [1.82, 2.24) is 0 Å². The Balaban J connectivity index is 1.75. The number of amides is 1. The summed E-state index contributed by atoms with van der Waals surface area (Å²) in [4.78, 5) is 12.9. The van der Waals surface area contributed by atoms with Gasteiger partial charge in [-0.2, -0.15) is 0 Å². The van der Waals surface area contributed by atoms with Crippen LogP contribution in [0.3, 0.4) is 0 Å². The molecule has 0 atom stereocenters. The molecule has 2 aromatic carbocycles. The van der Waals surface area contributed by atoms with Crippen LogP contribution in [0.2, 0.25) is 0 Å². The van der Waals surface area contributed by atoms with Crippen molar-refractivity contribution in [2.45, 2.75) is 39.7 Å². The summed E-state index contributed by atoms with van der Waals surface area (Å²) >= 11 is 0. The van der Waals surface area contributed by atoms with Crippen LogP contribution in [0.1, 0.15) is 36.0 Å². The van der Waals surface area contributed by atoms with Crippen LogP contribution in [-0.2, 0) is 11.3 Å². The lowest BCUT2D eigenvalue weighted by Crippen LogP contribution is -2.54. The van der Waals surface area contributed by atoms with Gasteiger partial charge in [0, 0.05) is 11.3 Å². The molecule has 0 spiro atoms. The monoisotopic (exact) mass is 337 g/mol. The molecule has 1 heterocycles. The first-order chi connectivity index (χ1) is 12.1. The molecule has 25 heavy (non-hydrogen) atoms. The van der Waals surface area contributed by atoms with Crippen molar-refractivity contribution in [3.05, 3.63) is 65.2 Å². The minimum absolute atomic E-state index is 0.134. The molecular formula is C22H29N2O+. The third kappa shape index (κ3) is 4.49. The van der Waals surface area contributed by atoms with Crippen LogP contribution < -0.4 is 5.32 Å². The molecule has 0 saturated carbocycles. The first-order valence-electron chi connectivity index (χ1n) is 9.33. The first kappa shape index (κ1) is 17.7. The highest BCUT2D eigenvalue weighted by Crippen LogP contribution is 2.24. The number of hydrogen-bond acceptors (Lipinski definition) is 1. The SMILES string of the molecule is Cc1cccc(C)c1NC(=O)C[N+]1(Cc2ccccc2)CCCCC1. The molecule has 0 radical (unpaired) electrons. The number of aryl methyl sites for hydroxylation is 2. The summed E-state index contributed by atoms with van der Waals surface area (Å²) in [7, 11) is 0. The minimum atomic E-state index is 0.134. The summed E-state index contributed by atoms with van der Waals surface area (Å²) in [6.07, 6.45) is 3.71. The molecule has 1 N–H and O–H groups in total. The van der Waals surface area contributed by atoms with Gasteiger partial charge in [0.05, 0.1) is 13.1 Å². The Morgan fingerprint density at radius 1 is 0.920 bits per heavy atom. The second-order valence-corrected chi connectivity index (χ2v) is 7.47. The fraction of sp³-hybridized carbons (Fsp3) is 0.409. The van der Waals surface area contributed by atoms with Crippen molar-refractivity contribution in [3.63, 3.8) is 0 Å². The number of anilines is 1. The molecule has 0 aromatic heterocycles. The highest BCUT2D eigenvalue weighted by molar-refractivity contribution is 5.93. The quantitative estimate of drug-likeness (QED) is 0.803. The second-order valence-electron chi connectivity index (χ2n) is 7.47. The maximum Gasteiger partial charge on any atom is 0.279 e. The van der Waals surface area contributed by atoms with E-state index in [-0.39, 0.29) is 5.91 Å². The predicted molar refractivity (Wildman–Crippen MR) is 103 cm³/mol. The van der Waals surface area contributed by atoms with Crippen LogP contribution in [0.4, 0.5) is 5.69 Å². The van der Waals surface area contributed by atoms with Gasteiger partial charge >= 0.3 is 0 Å². The Kier molecular flexibility index (Phi) is 5.54. The van der Waals surface area contributed by atoms with Crippen LogP contribution >= 0.6 is 0 Å². The van der Waals surface area contributed by atoms with Crippen molar-refractivity contribution in [1.29, 1.82) is 0 Å². The molecule has 0 unspecified atom stereocenters. The van der Waals surface area contributed by atoms with E-state index in [0.29, 0.717) is 6.54 Å². The number of rotatable bonds is 5. The maximum atomic E-state index is 12.9. The molecule has 132 valence electrons. The van der Waals surface area contributed by atoms with Crippen molar-refractivity contribution in [2.24, 2.45) is 0 Å². The van der Waals surface area contributed by atoms with E-state index in [1.54, 1.807) is 0 Å². The molecule has 1 aliphatic rings. The normalized spacial score (nSPS) is 16.4. The van der Waals surface area contributed by atoms with Gasteiger partial charge in [0.2, 0.25) is 0 Å². The van der Waals surface area contributed by atoms with Gasteiger partial charge < -0.3 is 9.80 Å². The zero-order valence-corrected chi connectivity index (χ0v) is 15.4. The molecule has 1 aliphatic heterocycles. The van der Waals surface area contributed by atoms with Crippen LogP contribution in [0, 0.1) is 13.8 Å². The number of para-hydroxylation sites is 1.